The van der Waals surface area contributed by atoms with E-state index in [1.54, 1.807) is 0 Å². The van der Waals surface area contributed by atoms with Gasteiger partial charge in [-0.05, 0) is 69.6 Å². The van der Waals surface area contributed by atoms with Gasteiger partial charge >= 0.3 is 0 Å². The number of unbranched alkanes of at least 4 members (excludes halogenated alkanes) is 3. The zero-order valence-corrected chi connectivity index (χ0v) is 19.8. The molecule has 0 spiro atoms. The monoisotopic (exact) mass is 452 g/mol. The molecule has 0 fully saturated rings. The molecular weight excluding hydrogens is 412 g/mol. The highest BCUT2D eigenvalue weighted by Gasteiger charge is 2.03. The van der Waals surface area contributed by atoms with Gasteiger partial charge in [-0.15, -0.1) is 0 Å². The molecule has 0 heterocycles. The number of carbonyl (C=O) groups is 2. The molecule has 0 atom stereocenters. The maximum absolute atomic E-state index is 11.9. The van der Waals surface area contributed by atoms with E-state index < -0.39 is 0 Å². The van der Waals surface area contributed by atoms with Crippen LogP contribution >= 0.6 is 0 Å². The van der Waals surface area contributed by atoms with Crippen molar-refractivity contribution in [3.63, 3.8) is 0 Å². The van der Waals surface area contributed by atoms with E-state index in [-0.39, 0.29) is 11.8 Å². The van der Waals surface area contributed by atoms with Gasteiger partial charge < -0.3 is 21.3 Å². The quantitative estimate of drug-likeness (QED) is 0.262. The van der Waals surface area contributed by atoms with E-state index in [4.69, 9.17) is 0 Å². The van der Waals surface area contributed by atoms with Crippen LogP contribution in [0.5, 0.6) is 0 Å². The Bertz CT molecular complexity index is 768. The molecule has 2 amide bonds. The van der Waals surface area contributed by atoms with Crippen molar-refractivity contribution in [1.29, 1.82) is 0 Å². The molecule has 0 aliphatic heterocycles. The average Bonchev–Trinajstić information content (AvgIpc) is 2.84. The van der Waals surface area contributed by atoms with E-state index in [1.807, 2.05) is 60.7 Å². The fourth-order valence-corrected chi connectivity index (χ4v) is 3.50. The number of hydrogen-bond donors (Lipinski definition) is 4. The van der Waals surface area contributed by atoms with Gasteiger partial charge in [0.25, 0.3) is 5.91 Å². The Labute approximate surface area is 198 Å². The predicted molar refractivity (Wildman–Crippen MR) is 135 cm³/mol. The summed E-state index contributed by atoms with van der Waals surface area (Å²) in [4.78, 5) is 23.8. The third-order valence-corrected chi connectivity index (χ3v) is 5.37. The summed E-state index contributed by atoms with van der Waals surface area (Å²) in [5.74, 6) is 0.0868. The van der Waals surface area contributed by atoms with Crippen LogP contribution in [0.15, 0.2) is 60.7 Å². The maximum atomic E-state index is 11.9. The molecule has 0 aliphatic carbocycles. The molecule has 2 aromatic rings. The van der Waals surface area contributed by atoms with Crippen LogP contribution in [-0.2, 0) is 11.2 Å². The van der Waals surface area contributed by atoms with Gasteiger partial charge in [-0.1, -0.05) is 61.4 Å². The lowest BCUT2D eigenvalue weighted by atomic mass is 10.1. The molecule has 0 unspecified atom stereocenters. The van der Waals surface area contributed by atoms with E-state index in [2.05, 4.69) is 21.3 Å². The van der Waals surface area contributed by atoms with E-state index in [9.17, 15) is 9.59 Å². The van der Waals surface area contributed by atoms with Crippen molar-refractivity contribution in [2.24, 2.45) is 0 Å². The SMILES string of the molecule is O=C(Cc1ccccc1)NCCCNCCCCCCNCCCNC(=O)c1ccccc1. The molecule has 0 radical (unpaired) electrons. The Morgan fingerprint density at radius 3 is 1.67 bits per heavy atom. The Morgan fingerprint density at radius 1 is 0.545 bits per heavy atom. The summed E-state index contributed by atoms with van der Waals surface area (Å²) in [6, 6.07) is 19.2. The number of carbonyl (C=O) groups excluding carboxylic acids is 2. The van der Waals surface area contributed by atoms with Crippen molar-refractivity contribution in [2.45, 2.75) is 44.9 Å². The lowest BCUT2D eigenvalue weighted by molar-refractivity contribution is -0.120. The van der Waals surface area contributed by atoms with Crippen LogP contribution in [0.2, 0.25) is 0 Å². The summed E-state index contributed by atoms with van der Waals surface area (Å²) in [5, 5.41) is 12.8. The van der Waals surface area contributed by atoms with Crippen LogP contribution in [-0.4, -0.2) is 51.1 Å². The maximum Gasteiger partial charge on any atom is 0.251 e. The van der Waals surface area contributed by atoms with E-state index in [0.29, 0.717) is 18.5 Å². The number of benzene rings is 2. The molecular formula is C27H40N4O2. The molecule has 4 N–H and O–H groups in total. The molecule has 0 aliphatic rings. The average molecular weight is 453 g/mol. The van der Waals surface area contributed by atoms with Crippen molar-refractivity contribution >= 4 is 11.8 Å². The highest BCUT2D eigenvalue weighted by atomic mass is 16.2. The molecule has 2 aromatic carbocycles. The highest BCUT2D eigenvalue weighted by Crippen LogP contribution is 2.00. The Hall–Kier alpha value is -2.70. The number of amides is 2. The van der Waals surface area contributed by atoms with Gasteiger partial charge in [-0.3, -0.25) is 9.59 Å². The molecule has 33 heavy (non-hydrogen) atoms. The summed E-state index contributed by atoms with van der Waals surface area (Å²) in [6.45, 7) is 5.35. The molecule has 2 rings (SSSR count). The van der Waals surface area contributed by atoms with Crippen molar-refractivity contribution in [1.82, 2.24) is 21.3 Å². The summed E-state index contributed by atoms with van der Waals surface area (Å²) >= 11 is 0. The molecule has 180 valence electrons. The zero-order chi connectivity index (χ0) is 23.4. The lowest BCUT2D eigenvalue weighted by Gasteiger charge is -2.08. The fourth-order valence-electron chi connectivity index (χ4n) is 3.50. The molecule has 6 heteroatoms. The van der Waals surface area contributed by atoms with Gasteiger partial charge in [-0.2, -0.15) is 0 Å². The summed E-state index contributed by atoms with van der Waals surface area (Å²) < 4.78 is 0. The minimum absolute atomic E-state index is 0.00276. The van der Waals surface area contributed by atoms with Crippen LogP contribution in [0, 0.1) is 0 Å². The minimum atomic E-state index is -0.00276. The van der Waals surface area contributed by atoms with Crippen LogP contribution in [0.4, 0.5) is 0 Å². The first-order chi connectivity index (χ1) is 16.3. The molecule has 0 saturated carbocycles. The minimum Gasteiger partial charge on any atom is -0.356 e. The van der Waals surface area contributed by atoms with Crippen LogP contribution in [0.1, 0.15) is 54.4 Å². The predicted octanol–water partition coefficient (Wildman–Crippen LogP) is 3.30. The first kappa shape index (κ1) is 26.6. The van der Waals surface area contributed by atoms with E-state index in [1.165, 1.54) is 25.7 Å². The number of nitrogens with one attached hydrogen (secondary N) is 4. The van der Waals surface area contributed by atoms with E-state index >= 15 is 0 Å². The second kappa shape index (κ2) is 17.8. The Kier molecular flexibility index (Phi) is 14.3. The van der Waals surface area contributed by atoms with Gasteiger partial charge in [-0.25, -0.2) is 0 Å². The first-order valence-electron chi connectivity index (χ1n) is 12.3. The zero-order valence-electron chi connectivity index (χ0n) is 19.8. The Morgan fingerprint density at radius 2 is 1.06 bits per heavy atom. The Balaban J connectivity index is 1.28. The molecule has 6 nitrogen and oxygen atoms in total. The van der Waals surface area contributed by atoms with E-state index in [0.717, 1.165) is 51.1 Å². The van der Waals surface area contributed by atoms with Crippen LogP contribution in [0.3, 0.4) is 0 Å². The van der Waals surface area contributed by atoms with Gasteiger partial charge in [0.05, 0.1) is 6.42 Å². The molecule has 0 saturated heterocycles. The number of hydrogen-bond acceptors (Lipinski definition) is 4. The van der Waals surface area contributed by atoms with Crippen LogP contribution in [0.25, 0.3) is 0 Å². The second-order valence-corrected chi connectivity index (χ2v) is 8.26. The number of rotatable bonds is 18. The summed E-state index contributed by atoms with van der Waals surface area (Å²) in [5.41, 5.74) is 1.77. The second-order valence-electron chi connectivity index (χ2n) is 8.26. The van der Waals surface area contributed by atoms with Crippen molar-refractivity contribution in [2.75, 3.05) is 39.3 Å². The highest BCUT2D eigenvalue weighted by molar-refractivity contribution is 5.94. The molecule has 0 bridgehead atoms. The topological polar surface area (TPSA) is 82.3 Å². The molecule has 0 aromatic heterocycles. The largest absolute Gasteiger partial charge is 0.356 e. The third kappa shape index (κ3) is 13.4. The fraction of sp³-hybridized carbons (Fsp3) is 0.481. The summed E-state index contributed by atoms with van der Waals surface area (Å²) in [6.07, 6.45) is 7.18. The first-order valence-corrected chi connectivity index (χ1v) is 12.3. The van der Waals surface area contributed by atoms with Gasteiger partial charge in [0.15, 0.2) is 0 Å². The van der Waals surface area contributed by atoms with Gasteiger partial charge in [0.2, 0.25) is 5.91 Å². The van der Waals surface area contributed by atoms with Crippen LogP contribution < -0.4 is 21.3 Å². The smallest absolute Gasteiger partial charge is 0.251 e. The lowest BCUT2D eigenvalue weighted by Crippen LogP contribution is -2.28. The normalized spacial score (nSPS) is 10.7. The van der Waals surface area contributed by atoms with Gasteiger partial charge in [0, 0.05) is 18.7 Å². The standard InChI is InChI=1S/C27H40N4O2/c32-26(23-24-13-5-3-6-14-24)30-21-11-19-28-17-9-1-2-10-18-29-20-12-22-31-27(33)25-15-7-4-8-16-25/h3-8,13-16,28-29H,1-2,9-12,17-23H2,(H,30,32)(H,31,33). The van der Waals surface area contributed by atoms with Crippen molar-refractivity contribution < 1.29 is 9.59 Å². The van der Waals surface area contributed by atoms with Gasteiger partial charge in [0.1, 0.15) is 0 Å². The third-order valence-electron chi connectivity index (χ3n) is 5.37. The van der Waals surface area contributed by atoms with Crippen molar-refractivity contribution in [3.8, 4) is 0 Å². The summed E-state index contributed by atoms with van der Waals surface area (Å²) in [7, 11) is 0. The van der Waals surface area contributed by atoms with Crippen molar-refractivity contribution in [3.05, 3.63) is 71.8 Å².